The van der Waals surface area contributed by atoms with E-state index in [1.165, 1.54) is 0 Å². The molecular formula is C18H22N4O. The number of carbonyl (C=O) groups is 1. The number of aromatic nitrogens is 3. The molecule has 0 fully saturated rings. The van der Waals surface area contributed by atoms with Crippen molar-refractivity contribution in [3.8, 4) is 0 Å². The van der Waals surface area contributed by atoms with Gasteiger partial charge in [0.05, 0.1) is 17.2 Å². The first kappa shape index (κ1) is 15.5. The number of hydrogen-bond donors (Lipinski definition) is 1. The summed E-state index contributed by atoms with van der Waals surface area (Å²) in [7, 11) is 0. The molecule has 1 amide bonds. The molecule has 2 N–H and O–H groups in total. The summed E-state index contributed by atoms with van der Waals surface area (Å²) in [5.41, 5.74) is 8.39. The molecule has 0 aliphatic carbocycles. The number of imidazole rings is 1. The van der Waals surface area contributed by atoms with Crippen LogP contribution in [0.25, 0.3) is 21.9 Å². The van der Waals surface area contributed by atoms with E-state index >= 15 is 0 Å². The molecule has 23 heavy (non-hydrogen) atoms. The van der Waals surface area contributed by atoms with Gasteiger partial charge in [0.2, 0.25) is 5.91 Å². The van der Waals surface area contributed by atoms with Crippen LogP contribution in [-0.4, -0.2) is 20.4 Å². The van der Waals surface area contributed by atoms with Gasteiger partial charge in [0.1, 0.15) is 11.3 Å². The Labute approximate surface area is 135 Å². The largest absolute Gasteiger partial charge is 0.369 e. The number of benzene rings is 1. The van der Waals surface area contributed by atoms with Gasteiger partial charge in [-0.05, 0) is 18.9 Å². The zero-order valence-corrected chi connectivity index (χ0v) is 13.6. The quantitative estimate of drug-likeness (QED) is 0.760. The third-order valence-electron chi connectivity index (χ3n) is 4.30. The number of amides is 1. The Kier molecular flexibility index (Phi) is 4.28. The number of nitrogens with zero attached hydrogens (tertiary/aromatic N) is 3. The maximum Gasteiger partial charge on any atom is 0.220 e. The number of fused-ring (bicyclic) bond motifs is 3. The van der Waals surface area contributed by atoms with Gasteiger partial charge in [-0.3, -0.25) is 9.78 Å². The van der Waals surface area contributed by atoms with E-state index in [0.717, 1.165) is 47.1 Å². The third kappa shape index (κ3) is 2.91. The molecule has 0 saturated carbocycles. The molecule has 0 bridgehead atoms. The summed E-state index contributed by atoms with van der Waals surface area (Å²) in [5, 5.41) is 1.10. The lowest BCUT2D eigenvalue weighted by molar-refractivity contribution is -0.121. The molecule has 0 saturated heterocycles. The Bertz CT molecular complexity index is 853. The first-order chi connectivity index (χ1) is 11.1. The van der Waals surface area contributed by atoms with Gasteiger partial charge in [-0.2, -0.15) is 0 Å². The number of para-hydroxylation sites is 1. The van der Waals surface area contributed by atoms with Gasteiger partial charge in [-0.15, -0.1) is 0 Å². The van der Waals surface area contributed by atoms with Crippen molar-refractivity contribution in [1.29, 1.82) is 0 Å². The Hall–Kier alpha value is -2.43. The van der Waals surface area contributed by atoms with Crippen LogP contribution in [0.15, 0.2) is 30.5 Å². The van der Waals surface area contributed by atoms with Crippen molar-refractivity contribution in [3.63, 3.8) is 0 Å². The number of nitrogens with two attached hydrogens (primary N) is 1. The molecule has 5 heteroatoms. The Balaban J connectivity index is 2.13. The second-order valence-electron chi connectivity index (χ2n) is 6.03. The molecule has 1 aromatic carbocycles. The van der Waals surface area contributed by atoms with Crippen LogP contribution in [0.1, 0.15) is 32.5 Å². The van der Waals surface area contributed by atoms with E-state index in [9.17, 15) is 4.79 Å². The summed E-state index contributed by atoms with van der Waals surface area (Å²) in [6.45, 7) is 4.76. The molecule has 0 spiro atoms. The number of rotatable bonds is 6. The Morgan fingerprint density at radius 3 is 2.83 bits per heavy atom. The highest BCUT2D eigenvalue weighted by Crippen LogP contribution is 2.26. The van der Waals surface area contributed by atoms with Gasteiger partial charge in [0.15, 0.2) is 0 Å². The highest BCUT2D eigenvalue weighted by atomic mass is 16.1. The average molecular weight is 310 g/mol. The van der Waals surface area contributed by atoms with Crippen molar-refractivity contribution < 1.29 is 4.79 Å². The Morgan fingerprint density at radius 2 is 2.09 bits per heavy atom. The highest BCUT2D eigenvalue weighted by Gasteiger charge is 2.16. The minimum atomic E-state index is -0.252. The third-order valence-corrected chi connectivity index (χ3v) is 4.30. The van der Waals surface area contributed by atoms with Crippen LogP contribution in [0.2, 0.25) is 0 Å². The summed E-state index contributed by atoms with van der Waals surface area (Å²) in [6.07, 6.45) is 4.49. The molecule has 0 radical (unpaired) electrons. The minimum Gasteiger partial charge on any atom is -0.369 e. The molecule has 3 aromatic rings. The van der Waals surface area contributed by atoms with Crippen molar-refractivity contribution in [2.75, 3.05) is 0 Å². The van der Waals surface area contributed by atoms with Crippen LogP contribution in [0.5, 0.6) is 0 Å². The predicted octanol–water partition coefficient (Wildman–Crippen LogP) is 3.05. The van der Waals surface area contributed by atoms with Crippen LogP contribution in [0.4, 0.5) is 0 Å². The van der Waals surface area contributed by atoms with Gasteiger partial charge >= 0.3 is 0 Å². The minimum absolute atomic E-state index is 0.143. The SMILES string of the molecule is CCCc1nc2cnc3ccccc3c2n1CCC(C)C(N)=O. The molecule has 5 nitrogen and oxygen atoms in total. The topological polar surface area (TPSA) is 73.8 Å². The van der Waals surface area contributed by atoms with Gasteiger partial charge in [0, 0.05) is 24.3 Å². The molecule has 2 aromatic heterocycles. The Morgan fingerprint density at radius 1 is 1.30 bits per heavy atom. The first-order valence-corrected chi connectivity index (χ1v) is 8.14. The number of carbonyl (C=O) groups excluding carboxylic acids is 1. The van der Waals surface area contributed by atoms with Crippen LogP contribution in [0.3, 0.4) is 0 Å². The number of pyridine rings is 1. The summed E-state index contributed by atoms with van der Waals surface area (Å²) in [6, 6.07) is 8.10. The molecule has 0 aliphatic heterocycles. The normalized spacial score (nSPS) is 12.8. The van der Waals surface area contributed by atoms with E-state index in [-0.39, 0.29) is 11.8 Å². The number of aryl methyl sites for hydroxylation is 2. The zero-order chi connectivity index (χ0) is 16.4. The fourth-order valence-electron chi connectivity index (χ4n) is 2.93. The maximum atomic E-state index is 11.3. The summed E-state index contributed by atoms with van der Waals surface area (Å²) in [4.78, 5) is 20.6. The van der Waals surface area contributed by atoms with Crippen LogP contribution < -0.4 is 5.73 Å². The summed E-state index contributed by atoms with van der Waals surface area (Å²) >= 11 is 0. The second kappa shape index (κ2) is 6.36. The molecule has 1 unspecified atom stereocenters. The standard InChI is InChI=1S/C18H22N4O/c1-3-6-16-21-15-11-20-14-8-5-4-7-13(14)17(15)22(16)10-9-12(2)18(19)23/h4-5,7-8,11-12H,3,6,9-10H2,1-2H3,(H2,19,23). The van der Waals surface area contributed by atoms with Crippen LogP contribution in [-0.2, 0) is 17.8 Å². The van der Waals surface area contributed by atoms with E-state index in [1.54, 1.807) is 0 Å². The van der Waals surface area contributed by atoms with Crippen LogP contribution >= 0.6 is 0 Å². The molecular weight excluding hydrogens is 288 g/mol. The van der Waals surface area contributed by atoms with Gasteiger partial charge in [-0.1, -0.05) is 32.0 Å². The summed E-state index contributed by atoms with van der Waals surface area (Å²) in [5.74, 6) is 0.658. The molecule has 0 aliphatic rings. The fraction of sp³-hybridized carbons (Fsp3) is 0.389. The first-order valence-electron chi connectivity index (χ1n) is 8.14. The highest BCUT2D eigenvalue weighted by molar-refractivity contribution is 6.02. The lowest BCUT2D eigenvalue weighted by Crippen LogP contribution is -2.22. The van der Waals surface area contributed by atoms with Crippen molar-refractivity contribution in [2.24, 2.45) is 11.7 Å². The van der Waals surface area contributed by atoms with Gasteiger partial charge in [-0.25, -0.2) is 4.98 Å². The summed E-state index contributed by atoms with van der Waals surface area (Å²) < 4.78 is 2.24. The maximum absolute atomic E-state index is 11.3. The lowest BCUT2D eigenvalue weighted by atomic mass is 10.1. The second-order valence-corrected chi connectivity index (χ2v) is 6.03. The van der Waals surface area contributed by atoms with E-state index in [1.807, 2.05) is 31.3 Å². The molecule has 120 valence electrons. The van der Waals surface area contributed by atoms with E-state index in [0.29, 0.717) is 6.42 Å². The number of primary amides is 1. The molecule has 3 rings (SSSR count). The van der Waals surface area contributed by atoms with Crippen molar-refractivity contribution in [3.05, 3.63) is 36.3 Å². The number of hydrogen-bond acceptors (Lipinski definition) is 3. The van der Waals surface area contributed by atoms with Gasteiger partial charge < -0.3 is 10.3 Å². The van der Waals surface area contributed by atoms with E-state index < -0.39 is 0 Å². The van der Waals surface area contributed by atoms with E-state index in [4.69, 9.17) is 10.7 Å². The van der Waals surface area contributed by atoms with Crippen molar-refractivity contribution in [1.82, 2.24) is 14.5 Å². The fourth-order valence-corrected chi connectivity index (χ4v) is 2.93. The smallest absolute Gasteiger partial charge is 0.220 e. The average Bonchev–Trinajstić information content (AvgIpc) is 2.90. The zero-order valence-electron chi connectivity index (χ0n) is 13.6. The monoisotopic (exact) mass is 310 g/mol. The molecule has 2 heterocycles. The van der Waals surface area contributed by atoms with Crippen LogP contribution in [0, 0.1) is 5.92 Å². The van der Waals surface area contributed by atoms with Gasteiger partial charge in [0.25, 0.3) is 0 Å². The van der Waals surface area contributed by atoms with Crippen molar-refractivity contribution in [2.45, 2.75) is 39.7 Å². The molecule has 1 atom stereocenters. The van der Waals surface area contributed by atoms with Crippen molar-refractivity contribution >= 4 is 27.8 Å². The van der Waals surface area contributed by atoms with E-state index in [2.05, 4.69) is 22.5 Å². The lowest BCUT2D eigenvalue weighted by Gasteiger charge is -2.12. The predicted molar refractivity (Wildman–Crippen MR) is 92.0 cm³/mol.